The Kier molecular flexibility index (Phi) is 4.68. The van der Waals surface area contributed by atoms with Crippen LogP contribution in [0.4, 0.5) is 5.69 Å². The molecule has 2 rings (SSSR count). The van der Waals surface area contributed by atoms with Crippen LogP contribution in [0.3, 0.4) is 0 Å². The number of carbonyl (C=O) groups is 2. The number of rotatable bonds is 4. The maximum Gasteiger partial charge on any atom is 0.348 e. The molecular weight excluding hydrogens is 278 g/mol. The van der Waals surface area contributed by atoms with E-state index in [1.54, 1.807) is 13.8 Å². The van der Waals surface area contributed by atoms with Crippen LogP contribution < -0.4 is 5.32 Å². The molecule has 1 aliphatic heterocycles. The standard InChI is InChI=1S/C14H15NO4S/c1-3-18-13(16)11(14(17)19-4-2)12-15-9-7-5-6-8-10(9)20-12/h5-8,15H,3-4H2,1-2H3. The van der Waals surface area contributed by atoms with Crippen molar-refractivity contribution in [1.82, 2.24) is 0 Å². The molecular formula is C14H15NO4S. The van der Waals surface area contributed by atoms with Crippen molar-refractivity contribution in [3.63, 3.8) is 0 Å². The molecule has 0 saturated carbocycles. The third-order valence-electron chi connectivity index (χ3n) is 2.53. The minimum absolute atomic E-state index is 0.0881. The summed E-state index contributed by atoms with van der Waals surface area (Å²) in [6.07, 6.45) is 0. The zero-order chi connectivity index (χ0) is 14.5. The molecule has 0 bridgehead atoms. The summed E-state index contributed by atoms with van der Waals surface area (Å²) in [5.74, 6) is -1.34. The first-order valence-electron chi connectivity index (χ1n) is 6.29. The van der Waals surface area contributed by atoms with Crippen LogP contribution in [-0.4, -0.2) is 25.2 Å². The van der Waals surface area contributed by atoms with Crippen molar-refractivity contribution in [3.8, 4) is 0 Å². The molecule has 0 radical (unpaired) electrons. The average Bonchev–Trinajstić information content (AvgIpc) is 2.82. The van der Waals surface area contributed by atoms with Gasteiger partial charge in [0.05, 0.1) is 23.9 Å². The molecule has 1 aromatic carbocycles. The van der Waals surface area contributed by atoms with E-state index in [0.29, 0.717) is 5.03 Å². The highest BCUT2D eigenvalue weighted by Crippen LogP contribution is 2.42. The summed E-state index contributed by atoms with van der Waals surface area (Å²) in [5, 5.41) is 3.50. The predicted molar refractivity (Wildman–Crippen MR) is 76.2 cm³/mol. The number of benzene rings is 1. The summed E-state index contributed by atoms with van der Waals surface area (Å²) >= 11 is 1.32. The molecule has 0 aromatic heterocycles. The van der Waals surface area contributed by atoms with E-state index in [9.17, 15) is 9.59 Å². The second-order valence-corrected chi connectivity index (χ2v) is 4.92. The molecule has 1 N–H and O–H groups in total. The molecule has 0 atom stereocenters. The number of nitrogens with one attached hydrogen (secondary N) is 1. The van der Waals surface area contributed by atoms with E-state index in [2.05, 4.69) is 5.32 Å². The SMILES string of the molecule is CCOC(=O)C(C(=O)OCC)=C1Nc2ccccc2S1. The fourth-order valence-corrected chi connectivity index (χ4v) is 2.73. The van der Waals surface area contributed by atoms with Gasteiger partial charge in [0, 0.05) is 4.90 Å². The van der Waals surface area contributed by atoms with Crippen LogP contribution in [0, 0.1) is 0 Å². The van der Waals surface area contributed by atoms with E-state index >= 15 is 0 Å². The zero-order valence-electron chi connectivity index (χ0n) is 11.3. The lowest BCUT2D eigenvalue weighted by molar-refractivity contribution is -0.146. The lowest BCUT2D eigenvalue weighted by Gasteiger charge is -2.09. The van der Waals surface area contributed by atoms with Gasteiger partial charge in [-0.3, -0.25) is 0 Å². The van der Waals surface area contributed by atoms with Crippen molar-refractivity contribution >= 4 is 29.4 Å². The fourth-order valence-electron chi connectivity index (χ4n) is 1.71. The molecule has 0 fully saturated rings. The Bertz CT molecular complexity index is 521. The predicted octanol–water partition coefficient (Wildman–Crippen LogP) is 2.54. The first-order valence-corrected chi connectivity index (χ1v) is 7.11. The minimum atomic E-state index is -0.672. The molecule has 20 heavy (non-hydrogen) atoms. The van der Waals surface area contributed by atoms with E-state index in [-0.39, 0.29) is 18.8 Å². The van der Waals surface area contributed by atoms with E-state index in [1.165, 1.54) is 11.8 Å². The molecule has 106 valence electrons. The third kappa shape index (κ3) is 2.96. The van der Waals surface area contributed by atoms with Gasteiger partial charge in [-0.15, -0.1) is 0 Å². The molecule has 0 saturated heterocycles. The number of anilines is 1. The molecule has 1 aliphatic rings. The van der Waals surface area contributed by atoms with Crippen molar-refractivity contribution in [2.75, 3.05) is 18.5 Å². The Labute approximate surface area is 121 Å². The molecule has 0 unspecified atom stereocenters. The van der Waals surface area contributed by atoms with E-state index < -0.39 is 11.9 Å². The zero-order valence-corrected chi connectivity index (χ0v) is 12.1. The monoisotopic (exact) mass is 293 g/mol. The Morgan fingerprint density at radius 1 is 1.10 bits per heavy atom. The number of para-hydroxylation sites is 1. The van der Waals surface area contributed by atoms with Crippen molar-refractivity contribution in [2.24, 2.45) is 0 Å². The Morgan fingerprint density at radius 3 is 2.25 bits per heavy atom. The number of fused-ring (bicyclic) bond motifs is 1. The van der Waals surface area contributed by atoms with Crippen LogP contribution in [0.5, 0.6) is 0 Å². The van der Waals surface area contributed by atoms with E-state index in [1.807, 2.05) is 24.3 Å². The van der Waals surface area contributed by atoms with Gasteiger partial charge in [0.25, 0.3) is 0 Å². The molecule has 0 amide bonds. The normalized spacial score (nSPS) is 12.4. The summed E-state index contributed by atoms with van der Waals surface area (Å²) in [6.45, 7) is 3.78. The number of esters is 2. The maximum atomic E-state index is 12.0. The average molecular weight is 293 g/mol. The number of hydrogen-bond acceptors (Lipinski definition) is 6. The van der Waals surface area contributed by atoms with Gasteiger partial charge in [-0.25, -0.2) is 9.59 Å². The van der Waals surface area contributed by atoms with Crippen molar-refractivity contribution in [1.29, 1.82) is 0 Å². The first kappa shape index (κ1) is 14.5. The van der Waals surface area contributed by atoms with Crippen LogP contribution in [-0.2, 0) is 19.1 Å². The van der Waals surface area contributed by atoms with Gasteiger partial charge in [0.15, 0.2) is 5.57 Å². The van der Waals surface area contributed by atoms with Crippen LogP contribution in [0.1, 0.15) is 13.8 Å². The van der Waals surface area contributed by atoms with Gasteiger partial charge in [-0.05, 0) is 26.0 Å². The van der Waals surface area contributed by atoms with Gasteiger partial charge < -0.3 is 14.8 Å². The number of ether oxygens (including phenoxy) is 2. The third-order valence-corrected chi connectivity index (χ3v) is 3.62. The molecule has 0 spiro atoms. The summed E-state index contributed by atoms with van der Waals surface area (Å²) in [7, 11) is 0. The molecule has 1 aromatic rings. The van der Waals surface area contributed by atoms with Gasteiger partial charge in [0.1, 0.15) is 0 Å². The highest BCUT2D eigenvalue weighted by atomic mass is 32.2. The highest BCUT2D eigenvalue weighted by Gasteiger charge is 2.30. The molecule has 5 nitrogen and oxygen atoms in total. The van der Waals surface area contributed by atoms with Crippen LogP contribution in [0.25, 0.3) is 0 Å². The van der Waals surface area contributed by atoms with Gasteiger partial charge in [0.2, 0.25) is 0 Å². The Hall–Kier alpha value is -1.95. The molecule has 0 aliphatic carbocycles. The quantitative estimate of drug-likeness (QED) is 0.398. The number of carbonyl (C=O) groups excluding carboxylic acids is 2. The molecule has 1 heterocycles. The number of thioether (sulfide) groups is 1. The maximum absolute atomic E-state index is 12.0. The topological polar surface area (TPSA) is 64.6 Å². The second kappa shape index (κ2) is 6.47. The lowest BCUT2D eigenvalue weighted by Crippen LogP contribution is -2.21. The Balaban J connectivity index is 2.34. The Morgan fingerprint density at radius 2 is 1.70 bits per heavy atom. The summed E-state index contributed by atoms with van der Waals surface area (Å²) in [6, 6.07) is 7.56. The summed E-state index contributed by atoms with van der Waals surface area (Å²) < 4.78 is 9.86. The van der Waals surface area contributed by atoms with Crippen molar-refractivity contribution < 1.29 is 19.1 Å². The largest absolute Gasteiger partial charge is 0.462 e. The molecule has 6 heteroatoms. The van der Waals surface area contributed by atoms with Crippen LogP contribution in [0.15, 0.2) is 39.8 Å². The van der Waals surface area contributed by atoms with E-state index in [4.69, 9.17) is 9.47 Å². The first-order chi connectivity index (χ1) is 9.67. The number of hydrogen-bond donors (Lipinski definition) is 1. The van der Waals surface area contributed by atoms with Crippen molar-refractivity contribution in [2.45, 2.75) is 18.7 Å². The fraction of sp³-hybridized carbons (Fsp3) is 0.286. The van der Waals surface area contributed by atoms with Crippen LogP contribution in [0.2, 0.25) is 0 Å². The van der Waals surface area contributed by atoms with Crippen molar-refractivity contribution in [3.05, 3.63) is 34.9 Å². The van der Waals surface area contributed by atoms with Gasteiger partial charge in [-0.1, -0.05) is 23.9 Å². The summed E-state index contributed by atoms with van der Waals surface area (Å²) in [5.41, 5.74) is 0.772. The minimum Gasteiger partial charge on any atom is -0.462 e. The van der Waals surface area contributed by atoms with Gasteiger partial charge in [-0.2, -0.15) is 0 Å². The smallest absolute Gasteiger partial charge is 0.348 e. The highest BCUT2D eigenvalue weighted by molar-refractivity contribution is 8.03. The lowest BCUT2D eigenvalue weighted by atomic mass is 10.3. The second-order valence-electron chi connectivity index (χ2n) is 3.87. The summed E-state index contributed by atoms with van der Waals surface area (Å²) in [4.78, 5) is 24.9. The van der Waals surface area contributed by atoms with Crippen LogP contribution >= 0.6 is 11.8 Å². The van der Waals surface area contributed by atoms with Gasteiger partial charge >= 0.3 is 11.9 Å². The van der Waals surface area contributed by atoms with E-state index in [0.717, 1.165) is 10.6 Å².